The van der Waals surface area contributed by atoms with Gasteiger partial charge in [0.25, 0.3) is 0 Å². The van der Waals surface area contributed by atoms with Crippen LogP contribution >= 0.6 is 0 Å². The van der Waals surface area contributed by atoms with E-state index in [1.807, 2.05) is 6.92 Å². The lowest BCUT2D eigenvalue weighted by molar-refractivity contribution is -0.122. The quantitative estimate of drug-likeness (QED) is 0.718. The van der Waals surface area contributed by atoms with Crippen molar-refractivity contribution in [2.45, 2.75) is 52.0 Å². The molecule has 0 aromatic rings. The second-order valence-corrected chi connectivity index (χ2v) is 4.75. The van der Waals surface area contributed by atoms with E-state index in [0.717, 1.165) is 6.54 Å². The first-order valence-corrected chi connectivity index (χ1v) is 5.61. The summed E-state index contributed by atoms with van der Waals surface area (Å²) in [6.07, 6.45) is 5.77. The molecule has 0 saturated heterocycles. The molecule has 1 amide bonds. The minimum Gasteiger partial charge on any atom is -0.354 e. The molecule has 0 aliphatic heterocycles. The van der Waals surface area contributed by atoms with Gasteiger partial charge in [-0.25, -0.2) is 0 Å². The van der Waals surface area contributed by atoms with Crippen LogP contribution in [-0.2, 0) is 4.79 Å². The number of hydrogen-bond acceptors (Lipinski definition) is 2. The van der Waals surface area contributed by atoms with Crippen molar-refractivity contribution in [3.8, 4) is 0 Å². The highest BCUT2D eigenvalue weighted by molar-refractivity contribution is 5.81. The van der Waals surface area contributed by atoms with E-state index in [2.05, 4.69) is 12.2 Å². The molecule has 0 unspecified atom stereocenters. The van der Waals surface area contributed by atoms with E-state index in [-0.39, 0.29) is 11.9 Å². The standard InChI is InChI=1S/C11H22N2O/c1-3-9(12)10(14)13-8-11(2)6-4-5-7-11/h9H,3-8,12H2,1-2H3,(H,13,14)/t9-/m0/s1. The third kappa shape index (κ3) is 2.98. The van der Waals surface area contributed by atoms with Crippen LogP contribution in [0.2, 0.25) is 0 Å². The molecule has 82 valence electrons. The van der Waals surface area contributed by atoms with E-state index in [4.69, 9.17) is 5.73 Å². The van der Waals surface area contributed by atoms with Gasteiger partial charge in [0.15, 0.2) is 0 Å². The zero-order chi connectivity index (χ0) is 10.6. The highest BCUT2D eigenvalue weighted by Crippen LogP contribution is 2.36. The summed E-state index contributed by atoms with van der Waals surface area (Å²) in [7, 11) is 0. The molecule has 14 heavy (non-hydrogen) atoms. The molecular formula is C11H22N2O. The number of rotatable bonds is 4. The molecule has 3 heteroatoms. The third-order valence-electron chi connectivity index (χ3n) is 3.28. The summed E-state index contributed by atoms with van der Waals surface area (Å²) < 4.78 is 0. The lowest BCUT2D eigenvalue weighted by Crippen LogP contribution is -2.43. The number of nitrogens with one attached hydrogen (secondary N) is 1. The number of amides is 1. The Morgan fingerprint density at radius 1 is 1.50 bits per heavy atom. The summed E-state index contributed by atoms with van der Waals surface area (Å²) in [6.45, 7) is 4.97. The molecule has 1 fully saturated rings. The number of nitrogens with two attached hydrogens (primary N) is 1. The van der Waals surface area contributed by atoms with Crippen LogP contribution in [-0.4, -0.2) is 18.5 Å². The first-order valence-electron chi connectivity index (χ1n) is 5.61. The van der Waals surface area contributed by atoms with Crippen molar-refractivity contribution < 1.29 is 4.79 Å². The van der Waals surface area contributed by atoms with Crippen LogP contribution in [0.4, 0.5) is 0 Å². The molecule has 0 aromatic heterocycles. The van der Waals surface area contributed by atoms with Crippen molar-refractivity contribution in [2.75, 3.05) is 6.54 Å². The highest BCUT2D eigenvalue weighted by Gasteiger charge is 2.29. The minimum absolute atomic E-state index is 0.000579. The lowest BCUT2D eigenvalue weighted by atomic mass is 9.89. The molecular weight excluding hydrogens is 176 g/mol. The Hall–Kier alpha value is -0.570. The van der Waals surface area contributed by atoms with Crippen molar-refractivity contribution in [3.63, 3.8) is 0 Å². The van der Waals surface area contributed by atoms with E-state index in [1.165, 1.54) is 25.7 Å². The topological polar surface area (TPSA) is 55.1 Å². The fourth-order valence-corrected chi connectivity index (χ4v) is 2.02. The molecule has 0 radical (unpaired) electrons. The van der Waals surface area contributed by atoms with Gasteiger partial charge in [0.05, 0.1) is 6.04 Å². The molecule has 3 N–H and O–H groups in total. The molecule has 3 nitrogen and oxygen atoms in total. The van der Waals surface area contributed by atoms with Gasteiger partial charge >= 0.3 is 0 Å². The second kappa shape index (κ2) is 4.78. The van der Waals surface area contributed by atoms with Gasteiger partial charge < -0.3 is 11.1 Å². The fourth-order valence-electron chi connectivity index (χ4n) is 2.02. The molecule has 0 bridgehead atoms. The Morgan fingerprint density at radius 3 is 2.57 bits per heavy atom. The predicted molar refractivity (Wildman–Crippen MR) is 57.9 cm³/mol. The van der Waals surface area contributed by atoms with E-state index >= 15 is 0 Å². The number of hydrogen-bond donors (Lipinski definition) is 2. The van der Waals surface area contributed by atoms with Crippen molar-refractivity contribution in [3.05, 3.63) is 0 Å². The summed E-state index contributed by atoms with van der Waals surface area (Å²) in [5.74, 6) is 0.000579. The first kappa shape index (κ1) is 11.5. The smallest absolute Gasteiger partial charge is 0.236 e. The van der Waals surface area contributed by atoms with Crippen LogP contribution in [0.3, 0.4) is 0 Å². The average molecular weight is 198 g/mol. The Balaban J connectivity index is 2.29. The Labute approximate surface area is 86.4 Å². The molecule has 0 spiro atoms. The maximum absolute atomic E-state index is 11.4. The van der Waals surface area contributed by atoms with E-state index in [1.54, 1.807) is 0 Å². The maximum Gasteiger partial charge on any atom is 0.236 e. The van der Waals surface area contributed by atoms with Crippen molar-refractivity contribution in [1.82, 2.24) is 5.32 Å². The monoisotopic (exact) mass is 198 g/mol. The third-order valence-corrected chi connectivity index (χ3v) is 3.28. The van der Waals surface area contributed by atoms with Gasteiger partial charge in [-0.15, -0.1) is 0 Å². The van der Waals surface area contributed by atoms with Gasteiger partial charge in [0, 0.05) is 6.54 Å². The van der Waals surface area contributed by atoms with E-state index in [0.29, 0.717) is 11.8 Å². The highest BCUT2D eigenvalue weighted by atomic mass is 16.2. The van der Waals surface area contributed by atoms with Gasteiger partial charge in [-0.3, -0.25) is 4.79 Å². The van der Waals surface area contributed by atoms with Crippen molar-refractivity contribution in [1.29, 1.82) is 0 Å². The molecule has 0 heterocycles. The van der Waals surface area contributed by atoms with E-state index in [9.17, 15) is 4.79 Å². The van der Waals surface area contributed by atoms with E-state index < -0.39 is 0 Å². The Morgan fingerprint density at radius 2 is 2.07 bits per heavy atom. The molecule has 1 rings (SSSR count). The van der Waals surface area contributed by atoms with Gasteiger partial charge in [-0.05, 0) is 24.7 Å². The Bertz CT molecular complexity index is 197. The minimum atomic E-state index is -0.333. The maximum atomic E-state index is 11.4. The van der Waals surface area contributed by atoms with Gasteiger partial charge in [-0.2, -0.15) is 0 Å². The summed E-state index contributed by atoms with van der Waals surface area (Å²) in [5, 5.41) is 2.95. The van der Waals surface area contributed by atoms with Crippen LogP contribution in [0, 0.1) is 5.41 Å². The first-order chi connectivity index (χ1) is 6.57. The molecule has 0 aromatic carbocycles. The molecule has 1 aliphatic carbocycles. The van der Waals surface area contributed by atoms with Gasteiger partial charge in [0.1, 0.15) is 0 Å². The van der Waals surface area contributed by atoms with Crippen molar-refractivity contribution >= 4 is 5.91 Å². The summed E-state index contributed by atoms with van der Waals surface area (Å²) in [4.78, 5) is 11.4. The molecule has 1 aliphatic rings. The zero-order valence-corrected chi connectivity index (χ0v) is 9.31. The van der Waals surface area contributed by atoms with Crippen LogP contribution in [0.25, 0.3) is 0 Å². The summed E-state index contributed by atoms with van der Waals surface area (Å²) in [5.41, 5.74) is 5.95. The van der Waals surface area contributed by atoms with Crippen molar-refractivity contribution in [2.24, 2.45) is 11.1 Å². The van der Waals surface area contributed by atoms with Crippen LogP contribution in [0.1, 0.15) is 46.0 Å². The van der Waals surface area contributed by atoms with Crippen LogP contribution in [0.15, 0.2) is 0 Å². The van der Waals surface area contributed by atoms with Crippen LogP contribution in [0.5, 0.6) is 0 Å². The molecule has 1 atom stereocenters. The summed E-state index contributed by atoms with van der Waals surface area (Å²) in [6, 6.07) is -0.333. The molecule has 1 saturated carbocycles. The number of carbonyl (C=O) groups is 1. The predicted octanol–water partition coefficient (Wildman–Crippen LogP) is 1.42. The average Bonchev–Trinajstić information content (AvgIpc) is 2.61. The lowest BCUT2D eigenvalue weighted by Gasteiger charge is -2.24. The van der Waals surface area contributed by atoms with Gasteiger partial charge in [0.2, 0.25) is 5.91 Å². The largest absolute Gasteiger partial charge is 0.354 e. The Kier molecular flexibility index (Phi) is 3.93. The zero-order valence-electron chi connectivity index (χ0n) is 9.31. The fraction of sp³-hybridized carbons (Fsp3) is 0.909. The second-order valence-electron chi connectivity index (χ2n) is 4.75. The van der Waals surface area contributed by atoms with Crippen LogP contribution < -0.4 is 11.1 Å². The number of carbonyl (C=O) groups excluding carboxylic acids is 1. The normalized spacial score (nSPS) is 21.9. The van der Waals surface area contributed by atoms with Gasteiger partial charge in [-0.1, -0.05) is 26.7 Å². The summed E-state index contributed by atoms with van der Waals surface area (Å²) >= 11 is 0. The SMILES string of the molecule is CC[C@H](N)C(=O)NCC1(C)CCCC1.